The predicted octanol–water partition coefficient (Wildman–Crippen LogP) is 1.79. The molecule has 1 fully saturated rings. The number of nitrogens with one attached hydrogen (secondary N) is 1. The minimum absolute atomic E-state index is 0.249. The first-order valence-electron chi connectivity index (χ1n) is 9.42. The summed E-state index contributed by atoms with van der Waals surface area (Å²) in [5.74, 6) is -0.701. The van der Waals surface area contributed by atoms with Crippen LogP contribution in [-0.4, -0.2) is 25.3 Å². The third kappa shape index (κ3) is 2.66. The molecule has 0 bridgehead atoms. The molecule has 0 saturated carbocycles. The third-order valence-electron chi connectivity index (χ3n) is 1.77. The van der Waals surface area contributed by atoms with Gasteiger partial charge in [0, 0.05) is 8.22 Å². The van der Waals surface area contributed by atoms with E-state index in [1.165, 1.54) is 0 Å². The molecular weight excluding hydrogens is 206 g/mol. The predicted molar refractivity (Wildman–Crippen MR) is 59.7 cm³/mol. The first-order chi connectivity index (χ1) is 11.7. The maximum Gasteiger partial charge on any atom is 0.407 e. The van der Waals surface area contributed by atoms with Crippen molar-refractivity contribution in [2.45, 2.75) is 19.8 Å². The Labute approximate surface area is 109 Å². The van der Waals surface area contributed by atoms with Crippen molar-refractivity contribution in [1.29, 1.82) is 0 Å². The lowest BCUT2D eigenvalue weighted by molar-refractivity contribution is 0.105. The molecular formula is C12H15NO3. The van der Waals surface area contributed by atoms with Gasteiger partial charge in [-0.05, 0) is 36.9 Å². The smallest absolute Gasteiger partial charge is 0.407 e. The van der Waals surface area contributed by atoms with Crippen molar-refractivity contribution in [3.63, 3.8) is 0 Å². The van der Waals surface area contributed by atoms with E-state index in [0.717, 1.165) is 0 Å². The number of carbonyl (C=O) groups is 1. The minimum atomic E-state index is -2.99. The van der Waals surface area contributed by atoms with Crippen LogP contribution in [0.2, 0.25) is 0 Å². The Hall–Kier alpha value is -1.71. The van der Waals surface area contributed by atoms with E-state index in [2.05, 4.69) is 10.1 Å². The zero-order chi connectivity index (χ0) is 20.1. The number of ether oxygens (including phenoxy) is 2. The van der Waals surface area contributed by atoms with Crippen molar-refractivity contribution in [3.05, 3.63) is 29.3 Å². The van der Waals surface area contributed by atoms with Gasteiger partial charge >= 0.3 is 6.09 Å². The average Bonchev–Trinajstić information content (AvgIpc) is 2.74. The molecule has 1 N–H and O–H groups in total. The van der Waals surface area contributed by atoms with E-state index in [1.807, 2.05) is 0 Å². The molecule has 1 aromatic rings. The van der Waals surface area contributed by atoms with E-state index in [0.29, 0.717) is 0 Å². The van der Waals surface area contributed by atoms with Crippen LogP contribution in [0, 0.1) is 13.7 Å². The van der Waals surface area contributed by atoms with Crippen LogP contribution >= 0.6 is 0 Å². The van der Waals surface area contributed by atoms with Gasteiger partial charge in [-0.1, -0.05) is 6.04 Å². The zero-order valence-electron chi connectivity index (χ0n) is 18.1. The Kier molecular flexibility index (Phi) is 1.09. The molecule has 1 amide bonds. The fraction of sp³-hybridized carbons (Fsp3) is 0.417. The normalized spacial score (nSPS) is 34.4. The molecule has 1 atom stereocenters. The highest BCUT2D eigenvalue weighted by Crippen LogP contribution is 2.16. The quantitative estimate of drug-likeness (QED) is 0.862. The lowest BCUT2D eigenvalue weighted by atomic mass is 10.1. The van der Waals surface area contributed by atoms with E-state index in [9.17, 15) is 4.79 Å². The third-order valence-corrected chi connectivity index (χ3v) is 1.77. The maximum absolute atomic E-state index is 11.1. The van der Waals surface area contributed by atoms with Crippen LogP contribution in [0.3, 0.4) is 0 Å². The second-order valence-electron chi connectivity index (χ2n) is 3.02. The van der Waals surface area contributed by atoms with Crippen molar-refractivity contribution in [3.8, 4) is 5.75 Å². The van der Waals surface area contributed by atoms with Crippen LogP contribution in [0.5, 0.6) is 5.75 Å². The zero-order valence-corrected chi connectivity index (χ0v) is 8.14. The Morgan fingerprint density at radius 2 is 2.38 bits per heavy atom. The Bertz CT molecular complexity index is 703. The number of hydrogen-bond acceptors (Lipinski definition) is 3. The Morgan fingerprint density at radius 3 is 2.94 bits per heavy atom. The molecule has 1 aromatic carbocycles. The van der Waals surface area contributed by atoms with Gasteiger partial charge < -0.3 is 14.8 Å². The van der Waals surface area contributed by atoms with Gasteiger partial charge in [0.1, 0.15) is 12.4 Å². The van der Waals surface area contributed by atoms with Crippen LogP contribution < -0.4 is 10.1 Å². The second kappa shape index (κ2) is 4.43. The van der Waals surface area contributed by atoms with Gasteiger partial charge in [0.05, 0.1) is 12.0 Å². The molecule has 86 valence electrons. The molecule has 1 unspecified atom stereocenters. The summed E-state index contributed by atoms with van der Waals surface area (Å²) in [6.45, 7) is -6.89. The lowest BCUT2D eigenvalue weighted by Crippen LogP contribution is -2.21. The molecule has 0 radical (unpaired) electrons. The number of cyclic esters (lactones) is 1. The first-order valence-corrected chi connectivity index (χ1v) is 4.42. The summed E-state index contributed by atoms with van der Waals surface area (Å²) in [6.07, 6.45) is -2.75. The average molecular weight is 231 g/mol. The van der Waals surface area contributed by atoms with Crippen molar-refractivity contribution < 1.29 is 28.0 Å². The van der Waals surface area contributed by atoms with Gasteiger partial charge in [0.2, 0.25) is 0 Å². The summed E-state index contributed by atoms with van der Waals surface area (Å²) in [7, 11) is 0. The monoisotopic (exact) mass is 231 g/mol. The number of benzene rings is 1. The summed E-state index contributed by atoms with van der Waals surface area (Å²) in [5, 5.41) is 2.22. The largest absolute Gasteiger partial charge is 0.490 e. The minimum Gasteiger partial charge on any atom is -0.490 e. The summed E-state index contributed by atoms with van der Waals surface area (Å²) in [6, 6.07) is -2.62. The summed E-state index contributed by atoms with van der Waals surface area (Å²) >= 11 is 0. The van der Waals surface area contributed by atoms with Crippen molar-refractivity contribution in [2.75, 3.05) is 13.2 Å². The Balaban J connectivity index is 2.56. The van der Waals surface area contributed by atoms with E-state index in [-0.39, 0.29) is 6.54 Å². The lowest BCUT2D eigenvalue weighted by Gasteiger charge is -2.11. The number of carbonyl (C=O) groups excluding carboxylic acids is 1. The van der Waals surface area contributed by atoms with E-state index in [1.54, 1.807) is 0 Å². The van der Waals surface area contributed by atoms with Gasteiger partial charge in [-0.2, -0.15) is 0 Å². The highest BCUT2D eigenvalue weighted by Gasteiger charge is 2.22. The van der Waals surface area contributed by atoms with E-state index >= 15 is 0 Å². The number of hydrogen-bond donors (Lipinski definition) is 1. The molecule has 2 rings (SSSR count). The topological polar surface area (TPSA) is 47.6 Å². The summed E-state index contributed by atoms with van der Waals surface area (Å²) in [4.78, 5) is 11.1. The highest BCUT2D eigenvalue weighted by molar-refractivity contribution is 5.69. The number of alkyl carbamates (subject to hydrolysis) is 1. The molecule has 16 heavy (non-hydrogen) atoms. The van der Waals surface area contributed by atoms with E-state index in [4.69, 9.17) is 18.4 Å². The van der Waals surface area contributed by atoms with Gasteiger partial charge in [0.15, 0.2) is 6.08 Å². The summed E-state index contributed by atoms with van der Waals surface area (Å²) in [5.41, 5.74) is -1.73. The van der Waals surface area contributed by atoms with Crippen molar-refractivity contribution >= 4 is 6.09 Å². The van der Waals surface area contributed by atoms with Crippen LogP contribution in [0.1, 0.15) is 24.8 Å². The molecule has 0 aliphatic carbocycles. The number of rotatable bonds is 3. The van der Waals surface area contributed by atoms with Crippen LogP contribution in [-0.2, 0) is 4.74 Å². The summed E-state index contributed by atoms with van der Waals surface area (Å²) < 4.78 is 86.3. The van der Waals surface area contributed by atoms with Gasteiger partial charge in [-0.3, -0.25) is 0 Å². The van der Waals surface area contributed by atoms with Crippen LogP contribution in [0.4, 0.5) is 4.79 Å². The first kappa shape index (κ1) is 3.95. The highest BCUT2D eigenvalue weighted by atomic mass is 16.6. The molecule has 4 heteroatoms. The molecule has 0 aromatic heterocycles. The second-order valence-corrected chi connectivity index (χ2v) is 3.02. The van der Waals surface area contributed by atoms with Gasteiger partial charge in [-0.25, -0.2) is 4.79 Å². The molecule has 1 saturated heterocycles. The molecule has 0 spiro atoms. The SMILES string of the molecule is [2H]c1c(OCC2([2H])CNC(=O)O2)c([2H])c(C([2H])([2H])[2H])c([2H])c1C([2H])([2H])[2H]. The molecule has 1 heterocycles. The maximum atomic E-state index is 11.1. The Morgan fingerprint density at radius 1 is 1.62 bits per heavy atom. The van der Waals surface area contributed by atoms with Crippen LogP contribution in [0.25, 0.3) is 0 Å². The molecule has 4 nitrogen and oxygen atoms in total. The molecule has 1 aliphatic heterocycles. The van der Waals surface area contributed by atoms with Crippen molar-refractivity contribution in [1.82, 2.24) is 5.32 Å². The number of amides is 1. The molecule has 1 aliphatic rings. The van der Waals surface area contributed by atoms with Gasteiger partial charge in [0.25, 0.3) is 0 Å². The fourth-order valence-corrected chi connectivity index (χ4v) is 1.13. The van der Waals surface area contributed by atoms with Gasteiger partial charge in [-0.15, -0.1) is 0 Å². The standard InChI is InChI=1S/C12H15NO3/c1-8-3-9(2)5-10(4-8)15-7-11-6-13-12(14)16-11/h3-5,11H,6-7H2,1-2H3,(H,13,14)/i1D3,2D3,3D,4D,5D,11D. The van der Waals surface area contributed by atoms with Crippen LogP contribution in [0.15, 0.2) is 18.1 Å². The van der Waals surface area contributed by atoms with E-state index < -0.39 is 67.5 Å². The fourth-order valence-electron chi connectivity index (χ4n) is 1.13. The van der Waals surface area contributed by atoms with Crippen molar-refractivity contribution in [2.24, 2.45) is 0 Å².